The van der Waals surface area contributed by atoms with Crippen LogP contribution in [-0.4, -0.2) is 23.0 Å². The molecule has 0 saturated heterocycles. The monoisotopic (exact) mass is 514 g/mol. The second kappa shape index (κ2) is 8.71. The highest BCUT2D eigenvalue weighted by Gasteiger charge is 2.18. The minimum absolute atomic E-state index is 0.0147. The number of thiophene rings is 1. The number of aryl methyl sites for hydroxylation is 1. The number of nitrogens with zero attached hydrogens (tertiary/aromatic N) is 3. The van der Waals surface area contributed by atoms with Crippen molar-refractivity contribution in [2.24, 2.45) is 0 Å². The summed E-state index contributed by atoms with van der Waals surface area (Å²) in [5.41, 5.74) is 2.21. The van der Waals surface area contributed by atoms with Crippen LogP contribution < -0.4 is 9.46 Å². The molecule has 0 spiro atoms. The Morgan fingerprint density at radius 2 is 1.88 bits per heavy atom. The number of hydrogen-bond donors (Lipinski definition) is 1. The van der Waals surface area contributed by atoms with Crippen LogP contribution in [-0.2, 0) is 10.0 Å². The van der Waals surface area contributed by atoms with Crippen LogP contribution in [0.15, 0.2) is 76.4 Å². The van der Waals surface area contributed by atoms with Crippen molar-refractivity contribution in [3.8, 4) is 22.6 Å². The van der Waals surface area contributed by atoms with Crippen LogP contribution in [0.1, 0.15) is 5.82 Å². The Morgan fingerprint density at radius 1 is 1.06 bits per heavy atom. The fraction of sp³-hybridized carbons (Fsp3) is 0.0435. The van der Waals surface area contributed by atoms with E-state index >= 15 is 0 Å². The average molecular weight is 515 g/mol. The molecule has 5 aromatic rings. The zero-order chi connectivity index (χ0) is 23.9. The van der Waals surface area contributed by atoms with E-state index in [-0.39, 0.29) is 15.0 Å². The van der Waals surface area contributed by atoms with E-state index < -0.39 is 15.8 Å². The predicted molar refractivity (Wildman–Crippen MR) is 130 cm³/mol. The molecule has 0 saturated carbocycles. The molecule has 2 aromatic carbocycles. The van der Waals surface area contributed by atoms with Crippen LogP contribution in [0.4, 0.5) is 10.1 Å². The number of pyridine rings is 1. The first-order chi connectivity index (χ1) is 16.3. The zero-order valence-electron chi connectivity index (χ0n) is 17.6. The number of sulfonamides is 1. The SMILES string of the molecule is Cc1nnc2ccc(-c3cc(NS(=O)(=O)c4cccs4)ccc3Oc3ccc(Cl)cc3F)cn12. The lowest BCUT2D eigenvalue weighted by Crippen LogP contribution is -2.11. The standard InChI is InChI=1S/C23H16ClFN4O3S2/c1-14-26-27-22-9-4-15(13-29(14)22)18-12-17(28-34(30,31)23-3-2-10-33-23)6-8-20(18)32-21-7-5-16(24)11-19(21)25/h2-13,28H,1H3. The summed E-state index contributed by atoms with van der Waals surface area (Å²) in [5.74, 6) is 0.369. The Hall–Kier alpha value is -3.47. The van der Waals surface area contributed by atoms with Gasteiger partial charge in [-0.1, -0.05) is 17.7 Å². The molecule has 5 rings (SSSR count). The molecule has 0 fully saturated rings. The molecule has 172 valence electrons. The lowest BCUT2D eigenvalue weighted by molar-refractivity contribution is 0.444. The molecule has 3 aromatic heterocycles. The lowest BCUT2D eigenvalue weighted by atomic mass is 10.1. The summed E-state index contributed by atoms with van der Waals surface area (Å²) in [7, 11) is -3.76. The van der Waals surface area contributed by atoms with Crippen molar-refractivity contribution in [2.45, 2.75) is 11.1 Å². The van der Waals surface area contributed by atoms with Gasteiger partial charge in [0, 0.05) is 28.0 Å². The fourth-order valence-electron chi connectivity index (χ4n) is 3.37. The lowest BCUT2D eigenvalue weighted by Gasteiger charge is -2.15. The van der Waals surface area contributed by atoms with E-state index in [2.05, 4.69) is 14.9 Å². The molecular formula is C23H16ClFN4O3S2. The quantitative estimate of drug-likeness (QED) is 0.293. The number of fused-ring (bicyclic) bond motifs is 1. The van der Waals surface area contributed by atoms with Gasteiger partial charge in [-0.25, -0.2) is 12.8 Å². The Balaban J connectivity index is 1.61. The molecule has 0 aliphatic carbocycles. The second-order valence-corrected chi connectivity index (χ2v) is 10.6. The summed E-state index contributed by atoms with van der Waals surface area (Å²) in [6.45, 7) is 1.82. The third-order valence-electron chi connectivity index (χ3n) is 4.99. The first-order valence-corrected chi connectivity index (χ1v) is 12.7. The van der Waals surface area contributed by atoms with E-state index in [1.807, 2.05) is 13.1 Å². The van der Waals surface area contributed by atoms with E-state index in [0.717, 1.165) is 17.4 Å². The van der Waals surface area contributed by atoms with Crippen LogP contribution in [0.2, 0.25) is 5.02 Å². The van der Waals surface area contributed by atoms with Gasteiger partial charge in [0.25, 0.3) is 10.0 Å². The maximum absolute atomic E-state index is 14.4. The number of ether oxygens (including phenoxy) is 1. The molecule has 3 heterocycles. The van der Waals surface area contributed by atoms with Crippen molar-refractivity contribution in [1.29, 1.82) is 0 Å². The topological polar surface area (TPSA) is 85.6 Å². The van der Waals surface area contributed by atoms with Gasteiger partial charge in [0.05, 0.1) is 0 Å². The average Bonchev–Trinajstić information content (AvgIpc) is 3.47. The Bertz CT molecular complexity index is 1620. The van der Waals surface area contributed by atoms with Gasteiger partial charge in [-0.2, -0.15) is 0 Å². The van der Waals surface area contributed by atoms with E-state index in [1.165, 1.54) is 18.2 Å². The molecule has 34 heavy (non-hydrogen) atoms. The summed E-state index contributed by atoms with van der Waals surface area (Å²) in [6, 6.07) is 15.7. The number of hydrogen-bond acceptors (Lipinski definition) is 6. The van der Waals surface area contributed by atoms with E-state index in [0.29, 0.717) is 34.0 Å². The molecule has 0 aliphatic rings. The third-order valence-corrected chi connectivity index (χ3v) is 8.00. The summed E-state index contributed by atoms with van der Waals surface area (Å²) in [6.07, 6.45) is 1.81. The minimum Gasteiger partial charge on any atom is -0.454 e. The number of halogens is 2. The minimum atomic E-state index is -3.76. The van der Waals surface area contributed by atoms with E-state index in [1.54, 1.807) is 46.2 Å². The largest absolute Gasteiger partial charge is 0.454 e. The number of nitrogens with one attached hydrogen (secondary N) is 1. The maximum atomic E-state index is 14.4. The number of rotatable bonds is 6. The van der Waals surface area contributed by atoms with Gasteiger partial charge < -0.3 is 4.74 Å². The van der Waals surface area contributed by atoms with Gasteiger partial charge in [-0.3, -0.25) is 9.12 Å². The van der Waals surface area contributed by atoms with Crippen LogP contribution >= 0.6 is 22.9 Å². The summed E-state index contributed by atoms with van der Waals surface area (Å²) in [4.78, 5) is 0. The summed E-state index contributed by atoms with van der Waals surface area (Å²) >= 11 is 6.97. The first-order valence-electron chi connectivity index (χ1n) is 9.95. The van der Waals surface area contributed by atoms with Crippen molar-refractivity contribution in [3.63, 3.8) is 0 Å². The molecule has 0 amide bonds. The van der Waals surface area contributed by atoms with Crippen molar-refractivity contribution in [2.75, 3.05) is 4.72 Å². The molecule has 7 nitrogen and oxygen atoms in total. The van der Waals surface area contributed by atoms with Gasteiger partial charge in [-0.05, 0) is 66.9 Å². The molecule has 0 atom stereocenters. The zero-order valence-corrected chi connectivity index (χ0v) is 20.0. The molecule has 0 bridgehead atoms. The summed E-state index contributed by atoms with van der Waals surface area (Å²) in [5, 5.41) is 10.1. The number of benzene rings is 2. The Morgan fingerprint density at radius 3 is 2.65 bits per heavy atom. The molecule has 0 radical (unpaired) electrons. The van der Waals surface area contributed by atoms with E-state index in [4.69, 9.17) is 16.3 Å². The number of aromatic nitrogens is 3. The van der Waals surface area contributed by atoms with Crippen LogP contribution in [0, 0.1) is 12.7 Å². The normalized spacial score (nSPS) is 11.6. The third kappa shape index (κ3) is 4.35. The smallest absolute Gasteiger partial charge is 0.271 e. The van der Waals surface area contributed by atoms with Crippen molar-refractivity contribution >= 4 is 44.3 Å². The van der Waals surface area contributed by atoms with Crippen LogP contribution in [0.3, 0.4) is 0 Å². The molecule has 1 N–H and O–H groups in total. The van der Waals surface area contributed by atoms with Gasteiger partial charge in [0.2, 0.25) is 0 Å². The highest BCUT2D eigenvalue weighted by atomic mass is 35.5. The maximum Gasteiger partial charge on any atom is 0.271 e. The van der Waals surface area contributed by atoms with Gasteiger partial charge in [-0.15, -0.1) is 21.5 Å². The van der Waals surface area contributed by atoms with Gasteiger partial charge >= 0.3 is 0 Å². The summed E-state index contributed by atoms with van der Waals surface area (Å²) < 4.78 is 50.4. The van der Waals surface area contributed by atoms with Crippen LogP contribution in [0.5, 0.6) is 11.5 Å². The van der Waals surface area contributed by atoms with E-state index in [9.17, 15) is 12.8 Å². The Labute approximate surface area is 203 Å². The Kier molecular flexibility index (Phi) is 5.72. The van der Waals surface area contributed by atoms with Gasteiger partial charge in [0.15, 0.2) is 17.2 Å². The van der Waals surface area contributed by atoms with Crippen molar-refractivity contribution in [3.05, 3.63) is 88.9 Å². The molecule has 11 heteroatoms. The first kappa shape index (κ1) is 22.3. The van der Waals surface area contributed by atoms with Gasteiger partial charge in [0.1, 0.15) is 15.8 Å². The second-order valence-electron chi connectivity index (χ2n) is 7.32. The van der Waals surface area contributed by atoms with Crippen LogP contribution in [0.25, 0.3) is 16.8 Å². The molecule has 0 aliphatic heterocycles. The predicted octanol–water partition coefficient (Wildman–Crippen LogP) is 6.15. The molecular weight excluding hydrogens is 499 g/mol. The van der Waals surface area contributed by atoms with Crippen molar-refractivity contribution in [1.82, 2.24) is 14.6 Å². The molecule has 0 unspecified atom stereocenters. The number of anilines is 1. The highest BCUT2D eigenvalue weighted by molar-refractivity contribution is 7.94. The van der Waals surface area contributed by atoms with Crippen molar-refractivity contribution < 1.29 is 17.5 Å². The highest BCUT2D eigenvalue weighted by Crippen LogP contribution is 2.37. The fourth-order valence-corrected chi connectivity index (χ4v) is 5.57.